The van der Waals surface area contributed by atoms with Crippen molar-refractivity contribution in [1.82, 2.24) is 10.6 Å². The Hall–Kier alpha value is -0.860. The molecule has 2 rings (SSSR count). The second-order valence-corrected chi connectivity index (χ2v) is 6.35. The lowest BCUT2D eigenvalue weighted by atomic mass is 10.0. The Balaban J connectivity index is 1.68. The molecule has 2 heteroatoms. The molecule has 0 atom stereocenters. The van der Waals surface area contributed by atoms with Gasteiger partial charge >= 0.3 is 0 Å². The van der Waals surface area contributed by atoms with Crippen LogP contribution in [0.3, 0.4) is 0 Å². The summed E-state index contributed by atoms with van der Waals surface area (Å²) in [6.07, 6.45) is 3.89. The molecular formula is C17H28N2. The maximum Gasteiger partial charge on any atom is 0.00201 e. The van der Waals surface area contributed by atoms with E-state index in [1.807, 2.05) is 0 Å². The molecule has 1 fully saturated rings. The summed E-state index contributed by atoms with van der Waals surface area (Å²) in [5.74, 6) is 0.628. The molecule has 0 aliphatic heterocycles. The number of hydrogen-bond acceptors (Lipinski definition) is 2. The molecule has 0 spiro atoms. The van der Waals surface area contributed by atoms with Gasteiger partial charge in [0, 0.05) is 13.1 Å². The largest absolute Gasteiger partial charge is 0.319 e. The number of hydrogen-bond donors (Lipinski definition) is 2. The van der Waals surface area contributed by atoms with E-state index in [1.54, 1.807) is 0 Å². The van der Waals surface area contributed by atoms with Crippen molar-refractivity contribution in [2.45, 2.75) is 39.0 Å². The summed E-state index contributed by atoms with van der Waals surface area (Å²) in [7, 11) is 2.05. The van der Waals surface area contributed by atoms with Crippen molar-refractivity contribution in [3.8, 4) is 0 Å². The van der Waals surface area contributed by atoms with E-state index in [4.69, 9.17) is 0 Å². The fourth-order valence-corrected chi connectivity index (χ4v) is 2.62. The Bertz CT molecular complexity index is 377. The summed E-state index contributed by atoms with van der Waals surface area (Å²) in [6.45, 7) is 7.90. The van der Waals surface area contributed by atoms with Crippen LogP contribution in [0.25, 0.3) is 0 Å². The van der Waals surface area contributed by atoms with E-state index in [9.17, 15) is 0 Å². The molecule has 1 aromatic carbocycles. The first-order valence-electron chi connectivity index (χ1n) is 7.59. The zero-order valence-corrected chi connectivity index (χ0v) is 12.6. The van der Waals surface area contributed by atoms with Gasteiger partial charge in [-0.1, -0.05) is 38.1 Å². The van der Waals surface area contributed by atoms with Gasteiger partial charge in [0.15, 0.2) is 0 Å². The van der Waals surface area contributed by atoms with Crippen molar-refractivity contribution in [1.29, 1.82) is 0 Å². The lowest BCUT2D eigenvalue weighted by Crippen LogP contribution is -2.32. The van der Waals surface area contributed by atoms with Crippen molar-refractivity contribution in [3.63, 3.8) is 0 Å². The topological polar surface area (TPSA) is 24.1 Å². The van der Waals surface area contributed by atoms with Crippen LogP contribution < -0.4 is 10.6 Å². The van der Waals surface area contributed by atoms with Gasteiger partial charge in [-0.05, 0) is 55.3 Å². The summed E-state index contributed by atoms with van der Waals surface area (Å²) < 4.78 is 0. The highest BCUT2D eigenvalue weighted by Crippen LogP contribution is 2.44. The van der Waals surface area contributed by atoms with Crippen LogP contribution in [-0.4, -0.2) is 26.7 Å². The van der Waals surface area contributed by atoms with Crippen molar-refractivity contribution in [2.24, 2.45) is 5.41 Å². The highest BCUT2D eigenvalue weighted by atomic mass is 14.9. The predicted octanol–water partition coefficient (Wildman–Crippen LogP) is 2.94. The zero-order valence-electron chi connectivity index (χ0n) is 12.6. The molecule has 0 unspecified atom stereocenters. The molecule has 1 saturated carbocycles. The van der Waals surface area contributed by atoms with Gasteiger partial charge in [0.05, 0.1) is 0 Å². The average molecular weight is 260 g/mol. The fraction of sp³-hybridized carbons (Fsp3) is 0.647. The number of benzene rings is 1. The van der Waals surface area contributed by atoms with Crippen LogP contribution in [-0.2, 0) is 6.42 Å². The van der Waals surface area contributed by atoms with E-state index in [0.29, 0.717) is 11.3 Å². The van der Waals surface area contributed by atoms with Crippen molar-refractivity contribution < 1.29 is 0 Å². The van der Waals surface area contributed by atoms with Gasteiger partial charge in [0.1, 0.15) is 0 Å². The van der Waals surface area contributed by atoms with E-state index in [1.165, 1.54) is 24.0 Å². The molecule has 0 heterocycles. The Labute approximate surface area is 118 Å². The lowest BCUT2D eigenvalue weighted by Gasteiger charge is -2.15. The minimum Gasteiger partial charge on any atom is -0.319 e. The smallest absolute Gasteiger partial charge is 0.00201 e. The predicted molar refractivity (Wildman–Crippen MR) is 82.7 cm³/mol. The molecule has 0 amide bonds. The van der Waals surface area contributed by atoms with E-state index >= 15 is 0 Å². The summed E-state index contributed by atoms with van der Waals surface area (Å²) in [6, 6.07) is 9.09. The molecule has 0 radical (unpaired) electrons. The quantitative estimate of drug-likeness (QED) is 0.702. The van der Waals surface area contributed by atoms with Crippen LogP contribution in [0.2, 0.25) is 0 Å². The normalized spacial score (nSPS) is 16.8. The van der Waals surface area contributed by atoms with Gasteiger partial charge in [0.2, 0.25) is 0 Å². The zero-order chi connectivity index (χ0) is 13.7. The number of rotatable bonds is 8. The summed E-state index contributed by atoms with van der Waals surface area (Å²) in [5, 5.41) is 6.92. The minimum atomic E-state index is 0.566. The second kappa shape index (κ2) is 6.53. The van der Waals surface area contributed by atoms with Crippen LogP contribution in [0.4, 0.5) is 0 Å². The van der Waals surface area contributed by atoms with Gasteiger partial charge in [-0.3, -0.25) is 0 Å². The van der Waals surface area contributed by atoms with Crippen LogP contribution in [0, 0.1) is 5.41 Å². The molecule has 2 nitrogen and oxygen atoms in total. The third-order valence-corrected chi connectivity index (χ3v) is 4.25. The van der Waals surface area contributed by atoms with Crippen LogP contribution in [0.5, 0.6) is 0 Å². The van der Waals surface area contributed by atoms with Crippen molar-refractivity contribution in [3.05, 3.63) is 35.4 Å². The highest BCUT2D eigenvalue weighted by Gasteiger charge is 2.41. The Morgan fingerprint density at radius 2 is 1.79 bits per heavy atom. The first-order chi connectivity index (χ1) is 9.15. The molecule has 1 aliphatic rings. The van der Waals surface area contributed by atoms with Crippen LogP contribution in [0.1, 0.15) is 43.7 Å². The summed E-state index contributed by atoms with van der Waals surface area (Å²) in [4.78, 5) is 0. The first kappa shape index (κ1) is 14.5. The van der Waals surface area contributed by atoms with Crippen molar-refractivity contribution in [2.75, 3.05) is 26.7 Å². The molecule has 106 valence electrons. The Morgan fingerprint density at radius 3 is 2.32 bits per heavy atom. The molecular weight excluding hydrogens is 232 g/mol. The maximum atomic E-state index is 3.62. The highest BCUT2D eigenvalue weighted by molar-refractivity contribution is 5.24. The van der Waals surface area contributed by atoms with Gasteiger partial charge in [-0.2, -0.15) is 0 Å². The molecule has 1 aromatic rings. The SMILES string of the molecule is CNCC1(CNCCc2ccc(C(C)C)cc2)CC1. The summed E-state index contributed by atoms with van der Waals surface area (Å²) in [5.41, 5.74) is 3.44. The molecule has 1 aliphatic carbocycles. The molecule has 19 heavy (non-hydrogen) atoms. The first-order valence-corrected chi connectivity index (χ1v) is 7.59. The maximum absolute atomic E-state index is 3.62. The monoisotopic (exact) mass is 260 g/mol. The standard InChI is InChI=1S/C17H28N2/c1-14(2)16-6-4-15(5-7-16)8-11-19-13-17(9-10-17)12-18-3/h4-7,14,18-19H,8-13H2,1-3H3. The second-order valence-electron chi connectivity index (χ2n) is 6.35. The molecule has 0 aromatic heterocycles. The van der Waals surface area contributed by atoms with Gasteiger partial charge < -0.3 is 10.6 Å². The summed E-state index contributed by atoms with van der Waals surface area (Å²) >= 11 is 0. The van der Waals surface area contributed by atoms with E-state index in [0.717, 1.165) is 26.1 Å². The van der Waals surface area contributed by atoms with Crippen molar-refractivity contribution >= 4 is 0 Å². The van der Waals surface area contributed by atoms with Crippen LogP contribution >= 0.6 is 0 Å². The van der Waals surface area contributed by atoms with Crippen LogP contribution in [0.15, 0.2) is 24.3 Å². The van der Waals surface area contributed by atoms with E-state index in [2.05, 4.69) is 55.8 Å². The lowest BCUT2D eigenvalue weighted by molar-refractivity contribution is 0.441. The van der Waals surface area contributed by atoms with E-state index < -0.39 is 0 Å². The number of nitrogens with one attached hydrogen (secondary N) is 2. The van der Waals surface area contributed by atoms with Gasteiger partial charge in [-0.15, -0.1) is 0 Å². The molecule has 0 bridgehead atoms. The van der Waals surface area contributed by atoms with Gasteiger partial charge in [-0.25, -0.2) is 0 Å². The third kappa shape index (κ3) is 4.32. The molecule has 2 N–H and O–H groups in total. The Kier molecular flexibility index (Phi) is 5.00. The van der Waals surface area contributed by atoms with Gasteiger partial charge in [0.25, 0.3) is 0 Å². The Morgan fingerprint density at radius 1 is 1.11 bits per heavy atom. The average Bonchev–Trinajstić information content (AvgIpc) is 3.16. The third-order valence-electron chi connectivity index (χ3n) is 4.25. The fourth-order valence-electron chi connectivity index (χ4n) is 2.62. The molecule has 0 saturated heterocycles. The minimum absolute atomic E-state index is 0.566. The van der Waals surface area contributed by atoms with E-state index in [-0.39, 0.29) is 0 Å².